The van der Waals surface area contributed by atoms with Crippen molar-refractivity contribution in [3.8, 4) is 0 Å². The molecule has 1 heterocycles. The molecule has 0 fully saturated rings. The fourth-order valence-electron chi connectivity index (χ4n) is 3.22. The third-order valence-electron chi connectivity index (χ3n) is 4.13. The van der Waals surface area contributed by atoms with Crippen LogP contribution >= 0.6 is 0 Å². The molecular formula is C17H23NO3. The summed E-state index contributed by atoms with van der Waals surface area (Å²) in [6.45, 7) is 8.45. The van der Waals surface area contributed by atoms with Gasteiger partial charge in [0.05, 0.1) is 12.0 Å². The summed E-state index contributed by atoms with van der Waals surface area (Å²) >= 11 is 0. The monoisotopic (exact) mass is 289 g/mol. The van der Waals surface area contributed by atoms with Gasteiger partial charge < -0.3 is 10.0 Å². The molecule has 0 saturated carbocycles. The van der Waals surface area contributed by atoms with Crippen molar-refractivity contribution in [2.75, 3.05) is 6.54 Å². The largest absolute Gasteiger partial charge is 0.481 e. The molecule has 1 aliphatic rings. The molecule has 2 unspecified atom stereocenters. The molecular weight excluding hydrogens is 266 g/mol. The van der Waals surface area contributed by atoms with Crippen molar-refractivity contribution in [2.45, 2.75) is 40.2 Å². The second-order valence-electron chi connectivity index (χ2n) is 6.19. The van der Waals surface area contributed by atoms with Crippen LogP contribution in [0, 0.1) is 18.8 Å². The average Bonchev–Trinajstić information content (AvgIpc) is 2.65. The lowest BCUT2D eigenvalue weighted by Crippen LogP contribution is -2.37. The van der Waals surface area contributed by atoms with Gasteiger partial charge in [0.15, 0.2) is 0 Å². The van der Waals surface area contributed by atoms with Crippen molar-refractivity contribution >= 4 is 11.9 Å². The normalized spacial score (nSPS) is 19.0. The van der Waals surface area contributed by atoms with Crippen LogP contribution < -0.4 is 0 Å². The molecule has 0 aliphatic carbocycles. The molecule has 114 valence electrons. The Morgan fingerprint density at radius 1 is 1.38 bits per heavy atom. The number of carboxylic acid groups (broad SMARTS) is 1. The number of carbonyl (C=O) groups excluding carboxylic acids is 1. The second-order valence-corrected chi connectivity index (χ2v) is 6.19. The SMILES string of the molecule is CCC(C(=O)O)C1c2cccc(C)c2C(=O)N1CC(C)C. The van der Waals surface area contributed by atoms with E-state index >= 15 is 0 Å². The number of hydrogen-bond acceptors (Lipinski definition) is 2. The van der Waals surface area contributed by atoms with Crippen molar-refractivity contribution in [3.63, 3.8) is 0 Å². The molecule has 0 saturated heterocycles. The molecule has 4 nitrogen and oxygen atoms in total. The van der Waals surface area contributed by atoms with Crippen LogP contribution in [-0.2, 0) is 4.79 Å². The van der Waals surface area contributed by atoms with E-state index in [1.807, 2.05) is 45.9 Å². The van der Waals surface area contributed by atoms with E-state index in [1.165, 1.54) is 0 Å². The number of nitrogens with zero attached hydrogens (tertiary/aromatic N) is 1. The van der Waals surface area contributed by atoms with Gasteiger partial charge in [-0.15, -0.1) is 0 Å². The highest BCUT2D eigenvalue weighted by Gasteiger charge is 2.43. The van der Waals surface area contributed by atoms with Gasteiger partial charge in [-0.2, -0.15) is 0 Å². The second kappa shape index (κ2) is 5.88. The Labute approximate surface area is 125 Å². The smallest absolute Gasteiger partial charge is 0.308 e. The molecule has 4 heteroatoms. The first-order valence-corrected chi connectivity index (χ1v) is 7.51. The van der Waals surface area contributed by atoms with E-state index in [2.05, 4.69) is 0 Å². The summed E-state index contributed by atoms with van der Waals surface area (Å²) in [4.78, 5) is 26.1. The van der Waals surface area contributed by atoms with E-state index < -0.39 is 11.9 Å². The van der Waals surface area contributed by atoms with Crippen LogP contribution in [0.1, 0.15) is 54.7 Å². The summed E-state index contributed by atoms with van der Waals surface area (Å²) in [5.74, 6) is -1.12. The quantitative estimate of drug-likeness (QED) is 0.905. The van der Waals surface area contributed by atoms with Gasteiger partial charge in [0, 0.05) is 12.1 Å². The maximum atomic E-state index is 12.7. The number of carbonyl (C=O) groups is 2. The number of hydrogen-bond donors (Lipinski definition) is 1. The Bertz CT molecular complexity index is 565. The zero-order chi connectivity index (χ0) is 15.7. The van der Waals surface area contributed by atoms with Gasteiger partial charge in [-0.3, -0.25) is 9.59 Å². The van der Waals surface area contributed by atoms with Crippen LogP contribution in [0.3, 0.4) is 0 Å². The predicted molar refractivity (Wildman–Crippen MR) is 81.2 cm³/mol. The average molecular weight is 289 g/mol. The molecule has 1 amide bonds. The Morgan fingerprint density at radius 2 is 2.05 bits per heavy atom. The minimum Gasteiger partial charge on any atom is -0.481 e. The van der Waals surface area contributed by atoms with Crippen molar-refractivity contribution < 1.29 is 14.7 Å². The van der Waals surface area contributed by atoms with E-state index in [0.717, 1.165) is 11.1 Å². The van der Waals surface area contributed by atoms with Crippen LogP contribution in [-0.4, -0.2) is 28.4 Å². The Balaban J connectivity index is 2.54. The molecule has 0 bridgehead atoms. The minimum atomic E-state index is -0.835. The van der Waals surface area contributed by atoms with Crippen LogP contribution in [0.5, 0.6) is 0 Å². The van der Waals surface area contributed by atoms with E-state index in [9.17, 15) is 14.7 Å². The van der Waals surface area contributed by atoms with Gasteiger partial charge in [0.25, 0.3) is 5.91 Å². The molecule has 0 aromatic heterocycles. The van der Waals surface area contributed by atoms with Crippen molar-refractivity contribution in [1.29, 1.82) is 0 Å². The Morgan fingerprint density at radius 3 is 2.57 bits per heavy atom. The van der Waals surface area contributed by atoms with Gasteiger partial charge in [0.1, 0.15) is 0 Å². The zero-order valence-electron chi connectivity index (χ0n) is 13.1. The van der Waals surface area contributed by atoms with Crippen molar-refractivity contribution in [1.82, 2.24) is 4.90 Å². The van der Waals surface area contributed by atoms with E-state index in [-0.39, 0.29) is 11.9 Å². The van der Waals surface area contributed by atoms with E-state index in [0.29, 0.717) is 24.4 Å². The molecule has 21 heavy (non-hydrogen) atoms. The first-order valence-electron chi connectivity index (χ1n) is 7.51. The van der Waals surface area contributed by atoms with Crippen LogP contribution in [0.25, 0.3) is 0 Å². The minimum absolute atomic E-state index is 0.0264. The van der Waals surface area contributed by atoms with Crippen molar-refractivity contribution in [2.24, 2.45) is 11.8 Å². The lowest BCUT2D eigenvalue weighted by molar-refractivity contribution is -0.144. The fourth-order valence-corrected chi connectivity index (χ4v) is 3.22. The number of benzene rings is 1. The fraction of sp³-hybridized carbons (Fsp3) is 0.529. The summed E-state index contributed by atoms with van der Waals surface area (Å²) < 4.78 is 0. The molecule has 1 N–H and O–H groups in total. The van der Waals surface area contributed by atoms with E-state index in [4.69, 9.17) is 0 Å². The lowest BCUT2D eigenvalue weighted by Gasteiger charge is -2.30. The van der Waals surface area contributed by atoms with Gasteiger partial charge in [-0.05, 0) is 30.4 Å². The molecule has 1 aromatic carbocycles. The summed E-state index contributed by atoms with van der Waals surface area (Å²) in [5.41, 5.74) is 2.49. The highest BCUT2D eigenvalue weighted by atomic mass is 16.4. The molecule has 2 atom stereocenters. The van der Waals surface area contributed by atoms with Crippen molar-refractivity contribution in [3.05, 3.63) is 34.9 Å². The van der Waals surface area contributed by atoms with Gasteiger partial charge >= 0.3 is 5.97 Å². The molecule has 0 radical (unpaired) electrons. The number of amides is 1. The van der Waals surface area contributed by atoms with Gasteiger partial charge in [-0.25, -0.2) is 0 Å². The summed E-state index contributed by atoms with van der Waals surface area (Å²) in [7, 11) is 0. The predicted octanol–water partition coefficient (Wildman–Crippen LogP) is 3.26. The number of aliphatic carboxylic acids is 1. The summed E-state index contributed by atoms with van der Waals surface area (Å²) in [5, 5.41) is 9.53. The first-order chi connectivity index (χ1) is 9.88. The van der Waals surface area contributed by atoms with Crippen LogP contribution in [0.2, 0.25) is 0 Å². The Hall–Kier alpha value is -1.84. The Kier molecular flexibility index (Phi) is 4.35. The first kappa shape index (κ1) is 15.5. The highest BCUT2D eigenvalue weighted by Crippen LogP contribution is 2.41. The summed E-state index contributed by atoms with van der Waals surface area (Å²) in [6.07, 6.45) is 0.509. The number of carboxylic acids is 1. The number of fused-ring (bicyclic) bond motifs is 1. The maximum Gasteiger partial charge on any atom is 0.308 e. The van der Waals surface area contributed by atoms with E-state index in [1.54, 1.807) is 4.90 Å². The number of rotatable bonds is 5. The van der Waals surface area contributed by atoms with Gasteiger partial charge in [0.2, 0.25) is 0 Å². The molecule has 2 rings (SSSR count). The third-order valence-corrected chi connectivity index (χ3v) is 4.13. The van der Waals surface area contributed by atoms with Gasteiger partial charge in [-0.1, -0.05) is 39.0 Å². The highest BCUT2D eigenvalue weighted by molar-refractivity contribution is 6.01. The summed E-state index contributed by atoms with van der Waals surface area (Å²) in [6, 6.07) is 5.37. The van der Waals surface area contributed by atoms with Crippen LogP contribution in [0.15, 0.2) is 18.2 Å². The maximum absolute atomic E-state index is 12.7. The molecule has 0 spiro atoms. The zero-order valence-corrected chi connectivity index (χ0v) is 13.1. The lowest BCUT2D eigenvalue weighted by atomic mass is 9.89. The third kappa shape index (κ3) is 2.67. The van der Waals surface area contributed by atoms with Crippen LogP contribution in [0.4, 0.5) is 0 Å². The molecule has 1 aliphatic heterocycles. The standard InChI is InChI=1S/C17H23NO3/c1-5-12(17(20)21)15-13-8-6-7-11(4)14(13)16(19)18(15)9-10(2)3/h6-8,10,12,15H,5,9H2,1-4H3,(H,20,21). The number of aryl methyl sites for hydroxylation is 1. The topological polar surface area (TPSA) is 57.6 Å². The molecule has 1 aromatic rings.